The van der Waals surface area contributed by atoms with Crippen molar-refractivity contribution in [3.63, 3.8) is 0 Å². The fourth-order valence-corrected chi connectivity index (χ4v) is 9.42. The molecule has 0 saturated carbocycles. The van der Waals surface area contributed by atoms with Crippen LogP contribution in [0.4, 0.5) is 0 Å². The number of carbonyl (C=O) groups excluding carboxylic acids is 2. The van der Waals surface area contributed by atoms with Gasteiger partial charge in [-0.15, -0.1) is 0 Å². The molecule has 8 heteroatoms. The molecular formula is C62H118NO7+. The highest BCUT2D eigenvalue weighted by molar-refractivity contribution is 5.72. The fraction of sp³-hybridized carbons (Fsp3) is 0.887. The quantitative estimate of drug-likeness (QED) is 0.0280. The Kier molecular flexibility index (Phi) is 51.5. The van der Waals surface area contributed by atoms with Gasteiger partial charge in [0.15, 0.2) is 12.1 Å². The number of aliphatic carboxylic acids is 1. The highest BCUT2D eigenvalue weighted by Gasteiger charge is 2.31. The summed E-state index contributed by atoms with van der Waals surface area (Å²) in [4.78, 5) is 37.3. The molecule has 0 radical (unpaired) electrons. The number of esters is 2. The standard InChI is InChI=1S/C62H117NO7/c1-6-8-10-12-14-16-18-20-22-24-26-28-30-32-34-36-38-40-42-44-46-48-50-52-60(64)69-57-58(56-68-55-54-59(62(66)67)63(3,4)5)70-61(65)53-51-49-47-45-43-41-39-37-35-33-31-29-27-25-23-21-19-17-15-13-11-9-7-2/h26,28,32,34,58-59H,6-25,27,29-31,33,35-57H2,1-5H3/p+1/b28-26+,34-32+. The van der Waals surface area contributed by atoms with Gasteiger partial charge in [-0.25, -0.2) is 4.79 Å². The molecular weight excluding hydrogens is 871 g/mol. The van der Waals surface area contributed by atoms with Crippen LogP contribution < -0.4 is 0 Å². The van der Waals surface area contributed by atoms with Crippen LogP contribution in [-0.4, -0.2) is 80.6 Å². The second-order valence-corrected chi connectivity index (χ2v) is 22.0. The molecule has 70 heavy (non-hydrogen) atoms. The van der Waals surface area contributed by atoms with Crippen LogP contribution in [0, 0.1) is 0 Å². The first kappa shape index (κ1) is 67.8. The lowest BCUT2D eigenvalue weighted by molar-refractivity contribution is -0.887. The van der Waals surface area contributed by atoms with Crippen molar-refractivity contribution >= 4 is 17.9 Å². The number of hydrogen-bond donors (Lipinski definition) is 1. The molecule has 0 fully saturated rings. The summed E-state index contributed by atoms with van der Waals surface area (Å²) in [5.74, 6) is -1.45. The molecule has 412 valence electrons. The van der Waals surface area contributed by atoms with E-state index in [1.54, 1.807) is 0 Å². The normalized spacial score (nSPS) is 12.9. The Morgan fingerprint density at radius 1 is 0.429 bits per heavy atom. The number of carbonyl (C=O) groups is 3. The number of allylic oxidation sites excluding steroid dienone is 4. The third-order valence-electron chi connectivity index (χ3n) is 14.1. The van der Waals surface area contributed by atoms with E-state index in [0.717, 1.165) is 51.4 Å². The van der Waals surface area contributed by atoms with Gasteiger partial charge < -0.3 is 23.8 Å². The second kappa shape index (κ2) is 53.1. The van der Waals surface area contributed by atoms with Crippen molar-refractivity contribution in [2.24, 2.45) is 0 Å². The lowest BCUT2D eigenvalue weighted by Crippen LogP contribution is -2.50. The maximum absolute atomic E-state index is 12.9. The molecule has 0 aromatic heterocycles. The third-order valence-corrected chi connectivity index (χ3v) is 14.1. The molecule has 0 spiro atoms. The molecule has 0 amide bonds. The Labute approximate surface area is 434 Å². The molecule has 0 aliphatic heterocycles. The number of likely N-dealkylation sites (N-methyl/N-ethyl adjacent to an activating group) is 1. The lowest BCUT2D eigenvalue weighted by Gasteiger charge is -2.31. The number of ether oxygens (including phenoxy) is 3. The summed E-state index contributed by atoms with van der Waals surface area (Å²) < 4.78 is 17.4. The van der Waals surface area contributed by atoms with E-state index in [9.17, 15) is 19.5 Å². The number of hydrogen-bond acceptors (Lipinski definition) is 6. The number of rotatable bonds is 56. The molecule has 0 heterocycles. The average molecular weight is 990 g/mol. The fourth-order valence-electron chi connectivity index (χ4n) is 9.42. The predicted octanol–water partition coefficient (Wildman–Crippen LogP) is 18.3. The maximum atomic E-state index is 12.9. The van der Waals surface area contributed by atoms with Gasteiger partial charge in [0.25, 0.3) is 0 Å². The first-order valence-corrected chi connectivity index (χ1v) is 30.4. The maximum Gasteiger partial charge on any atom is 0.362 e. The zero-order valence-corrected chi connectivity index (χ0v) is 47.2. The Morgan fingerprint density at radius 2 is 0.757 bits per heavy atom. The van der Waals surface area contributed by atoms with E-state index in [1.165, 1.54) is 218 Å². The summed E-state index contributed by atoms with van der Waals surface area (Å²) in [6, 6.07) is -0.615. The van der Waals surface area contributed by atoms with Gasteiger partial charge in [0.1, 0.15) is 6.61 Å². The molecule has 0 aliphatic carbocycles. The number of unbranched alkanes of at least 4 members (excludes halogenated alkanes) is 38. The topological polar surface area (TPSA) is 99.1 Å². The van der Waals surface area contributed by atoms with E-state index in [2.05, 4.69) is 38.2 Å². The monoisotopic (exact) mass is 989 g/mol. The molecule has 0 rings (SSSR count). The van der Waals surface area contributed by atoms with Gasteiger partial charge in [-0.1, -0.05) is 263 Å². The van der Waals surface area contributed by atoms with Crippen LogP contribution in [0.15, 0.2) is 24.3 Å². The van der Waals surface area contributed by atoms with Gasteiger partial charge >= 0.3 is 17.9 Å². The van der Waals surface area contributed by atoms with Crippen LogP contribution in [0.5, 0.6) is 0 Å². The predicted molar refractivity (Wildman–Crippen MR) is 299 cm³/mol. The minimum atomic E-state index is -0.871. The summed E-state index contributed by atoms with van der Waals surface area (Å²) in [5.41, 5.74) is 0. The van der Waals surface area contributed by atoms with E-state index < -0.39 is 18.1 Å². The van der Waals surface area contributed by atoms with Crippen molar-refractivity contribution in [2.45, 2.75) is 315 Å². The first-order valence-electron chi connectivity index (χ1n) is 30.4. The van der Waals surface area contributed by atoms with E-state index in [0.29, 0.717) is 19.3 Å². The Bertz CT molecular complexity index is 1200. The molecule has 8 nitrogen and oxygen atoms in total. The van der Waals surface area contributed by atoms with Crippen molar-refractivity contribution in [1.29, 1.82) is 0 Å². The number of nitrogens with zero attached hydrogens (tertiary/aromatic N) is 1. The van der Waals surface area contributed by atoms with Crippen molar-refractivity contribution in [3.8, 4) is 0 Å². The van der Waals surface area contributed by atoms with Crippen molar-refractivity contribution in [2.75, 3.05) is 41.0 Å². The highest BCUT2D eigenvalue weighted by Crippen LogP contribution is 2.18. The number of carboxylic acids is 1. The van der Waals surface area contributed by atoms with Crippen LogP contribution >= 0.6 is 0 Å². The summed E-state index contributed by atoms with van der Waals surface area (Å²) in [6.45, 7) is 4.79. The smallest absolute Gasteiger partial charge is 0.362 e. The molecule has 0 bridgehead atoms. The zero-order chi connectivity index (χ0) is 51.3. The Morgan fingerprint density at radius 3 is 1.10 bits per heavy atom. The molecule has 2 unspecified atom stereocenters. The van der Waals surface area contributed by atoms with Crippen LogP contribution in [0.3, 0.4) is 0 Å². The highest BCUT2D eigenvalue weighted by atomic mass is 16.6. The summed E-state index contributed by atoms with van der Waals surface area (Å²) >= 11 is 0. The minimum Gasteiger partial charge on any atom is -0.477 e. The van der Waals surface area contributed by atoms with Crippen molar-refractivity contribution in [3.05, 3.63) is 24.3 Å². The van der Waals surface area contributed by atoms with Crippen LogP contribution in [0.1, 0.15) is 303 Å². The molecule has 0 aromatic carbocycles. The number of carboxylic acid groups (broad SMARTS) is 1. The summed E-state index contributed by atoms with van der Waals surface area (Å²) in [7, 11) is 5.55. The van der Waals surface area contributed by atoms with Crippen LogP contribution in [0.2, 0.25) is 0 Å². The van der Waals surface area contributed by atoms with Gasteiger partial charge in [-0.3, -0.25) is 9.59 Å². The van der Waals surface area contributed by atoms with E-state index in [1.807, 2.05) is 21.1 Å². The SMILES string of the molecule is CCCCCCCCCCC/C=C/C/C=C/CCCCCCCCCC(=O)OCC(COCCC(C(=O)O)[N+](C)(C)C)OC(=O)CCCCCCCCCCCCCCCCCCCCCCCCC. The Hall–Kier alpha value is -2.19. The third kappa shape index (κ3) is 50.7. The molecule has 0 aromatic rings. The van der Waals surface area contributed by atoms with Crippen LogP contribution in [0.25, 0.3) is 0 Å². The summed E-state index contributed by atoms with van der Waals surface area (Å²) in [5, 5.41) is 9.69. The molecule has 1 N–H and O–H groups in total. The molecule has 0 aliphatic rings. The lowest BCUT2D eigenvalue weighted by atomic mass is 10.0. The average Bonchev–Trinajstić information content (AvgIpc) is 3.33. The summed E-state index contributed by atoms with van der Waals surface area (Å²) in [6.07, 6.45) is 63.9. The molecule has 2 atom stereocenters. The van der Waals surface area contributed by atoms with Gasteiger partial charge in [0.2, 0.25) is 0 Å². The minimum absolute atomic E-state index is 0.0498. The second-order valence-electron chi connectivity index (χ2n) is 22.0. The van der Waals surface area contributed by atoms with Gasteiger partial charge in [0, 0.05) is 19.3 Å². The van der Waals surface area contributed by atoms with Crippen molar-refractivity contribution in [1.82, 2.24) is 0 Å². The van der Waals surface area contributed by atoms with Gasteiger partial charge in [-0.05, 0) is 44.9 Å². The first-order chi connectivity index (χ1) is 34.1. The Balaban J connectivity index is 4.12. The van der Waals surface area contributed by atoms with E-state index in [4.69, 9.17) is 14.2 Å². The number of quaternary nitrogens is 1. The van der Waals surface area contributed by atoms with E-state index >= 15 is 0 Å². The van der Waals surface area contributed by atoms with Crippen LogP contribution in [-0.2, 0) is 28.6 Å². The zero-order valence-electron chi connectivity index (χ0n) is 47.2. The molecule has 0 saturated heterocycles. The van der Waals surface area contributed by atoms with E-state index in [-0.39, 0.29) is 36.2 Å². The van der Waals surface area contributed by atoms with Crippen molar-refractivity contribution < 1.29 is 38.2 Å². The van der Waals surface area contributed by atoms with Gasteiger partial charge in [-0.2, -0.15) is 0 Å². The van der Waals surface area contributed by atoms with Gasteiger partial charge in [0.05, 0.1) is 34.4 Å². The largest absolute Gasteiger partial charge is 0.477 e.